The lowest BCUT2D eigenvalue weighted by atomic mass is 10.0. The molecule has 5 nitrogen and oxygen atoms in total. The van der Waals surface area contributed by atoms with E-state index < -0.39 is 0 Å². The maximum atomic E-state index is 4.50. The molecule has 3 aromatic rings. The summed E-state index contributed by atoms with van der Waals surface area (Å²) in [5.74, 6) is 0. The van der Waals surface area contributed by atoms with Crippen molar-refractivity contribution in [2.75, 3.05) is 6.54 Å². The minimum absolute atomic E-state index is 0.236. The SMILES string of the molecule is CCCNC(Cc1ccn(C)n1)c1cnn2ccccc12. The fraction of sp³-hybridized carbons (Fsp3) is 0.375. The maximum Gasteiger partial charge on any atom is 0.0709 e. The summed E-state index contributed by atoms with van der Waals surface area (Å²) in [6.45, 7) is 3.17. The molecule has 1 N–H and O–H groups in total. The molecule has 0 aliphatic heterocycles. The second kappa shape index (κ2) is 6.10. The molecule has 0 saturated carbocycles. The van der Waals surface area contributed by atoms with Crippen LogP contribution in [-0.2, 0) is 13.5 Å². The van der Waals surface area contributed by atoms with Gasteiger partial charge in [-0.3, -0.25) is 4.68 Å². The van der Waals surface area contributed by atoms with E-state index in [0.717, 1.165) is 30.6 Å². The first-order valence-corrected chi connectivity index (χ1v) is 7.42. The number of hydrogen-bond donors (Lipinski definition) is 1. The lowest BCUT2D eigenvalue weighted by Gasteiger charge is -2.16. The zero-order chi connectivity index (χ0) is 14.7. The summed E-state index contributed by atoms with van der Waals surface area (Å²) in [6, 6.07) is 8.47. The number of hydrogen-bond acceptors (Lipinski definition) is 3. The van der Waals surface area contributed by atoms with Crippen molar-refractivity contribution in [2.24, 2.45) is 7.05 Å². The van der Waals surface area contributed by atoms with Gasteiger partial charge in [-0.25, -0.2) is 4.52 Å². The Morgan fingerprint density at radius 1 is 1.24 bits per heavy atom. The molecular weight excluding hydrogens is 262 g/mol. The summed E-state index contributed by atoms with van der Waals surface area (Å²) >= 11 is 0. The third kappa shape index (κ3) is 2.97. The third-order valence-corrected chi connectivity index (χ3v) is 3.65. The third-order valence-electron chi connectivity index (χ3n) is 3.65. The zero-order valence-corrected chi connectivity index (χ0v) is 12.5. The fourth-order valence-corrected chi connectivity index (χ4v) is 2.61. The molecule has 110 valence electrons. The summed E-state index contributed by atoms with van der Waals surface area (Å²) in [7, 11) is 1.95. The van der Waals surface area contributed by atoms with Crippen LogP contribution in [0.1, 0.15) is 30.6 Å². The quantitative estimate of drug-likeness (QED) is 0.755. The number of pyridine rings is 1. The molecule has 0 fully saturated rings. The molecule has 0 spiro atoms. The van der Waals surface area contributed by atoms with Crippen LogP contribution in [0.5, 0.6) is 0 Å². The van der Waals surface area contributed by atoms with Crippen molar-refractivity contribution in [2.45, 2.75) is 25.8 Å². The van der Waals surface area contributed by atoms with Gasteiger partial charge in [0.15, 0.2) is 0 Å². The van der Waals surface area contributed by atoms with Gasteiger partial charge in [0, 0.05) is 37.5 Å². The molecule has 0 aliphatic rings. The molecule has 5 heteroatoms. The summed E-state index contributed by atoms with van der Waals surface area (Å²) in [5.41, 5.74) is 3.48. The molecule has 3 aromatic heterocycles. The first kappa shape index (κ1) is 13.8. The number of nitrogens with zero attached hydrogens (tertiary/aromatic N) is 4. The van der Waals surface area contributed by atoms with Crippen LogP contribution in [0.15, 0.2) is 42.9 Å². The van der Waals surface area contributed by atoms with E-state index in [4.69, 9.17) is 0 Å². The monoisotopic (exact) mass is 283 g/mol. The summed E-state index contributed by atoms with van der Waals surface area (Å²) in [5, 5.41) is 12.6. The molecule has 1 unspecified atom stereocenters. The smallest absolute Gasteiger partial charge is 0.0709 e. The molecule has 0 bridgehead atoms. The van der Waals surface area contributed by atoms with Crippen LogP contribution in [0, 0.1) is 0 Å². The van der Waals surface area contributed by atoms with E-state index in [2.05, 4.69) is 40.6 Å². The highest BCUT2D eigenvalue weighted by Gasteiger charge is 2.17. The minimum atomic E-state index is 0.236. The van der Waals surface area contributed by atoms with E-state index in [-0.39, 0.29) is 6.04 Å². The summed E-state index contributed by atoms with van der Waals surface area (Å²) < 4.78 is 3.77. The highest BCUT2D eigenvalue weighted by molar-refractivity contribution is 5.55. The van der Waals surface area contributed by atoms with Gasteiger partial charge in [-0.15, -0.1) is 0 Å². The predicted octanol–water partition coefficient (Wildman–Crippen LogP) is 2.35. The fourth-order valence-electron chi connectivity index (χ4n) is 2.61. The zero-order valence-electron chi connectivity index (χ0n) is 12.5. The molecule has 0 radical (unpaired) electrons. The molecular formula is C16H21N5. The van der Waals surface area contributed by atoms with Crippen molar-refractivity contribution in [3.05, 3.63) is 54.1 Å². The lowest BCUT2D eigenvalue weighted by Crippen LogP contribution is -2.24. The molecule has 3 heterocycles. The van der Waals surface area contributed by atoms with E-state index >= 15 is 0 Å². The van der Waals surface area contributed by atoms with E-state index in [1.54, 1.807) is 0 Å². The van der Waals surface area contributed by atoms with Crippen LogP contribution < -0.4 is 5.32 Å². The largest absolute Gasteiger partial charge is 0.309 e. The highest BCUT2D eigenvalue weighted by Crippen LogP contribution is 2.22. The van der Waals surface area contributed by atoms with Gasteiger partial charge in [0.2, 0.25) is 0 Å². The molecule has 3 rings (SSSR count). The second-order valence-corrected chi connectivity index (χ2v) is 5.32. The standard InChI is InChI=1S/C16H21N5/c1-3-8-17-15(11-13-7-10-20(2)19-13)14-12-18-21-9-5-4-6-16(14)21/h4-7,9-10,12,15,17H,3,8,11H2,1-2H3. The van der Waals surface area contributed by atoms with Crippen LogP contribution in [0.25, 0.3) is 5.52 Å². The van der Waals surface area contributed by atoms with Gasteiger partial charge in [-0.05, 0) is 31.2 Å². The molecule has 0 amide bonds. The van der Waals surface area contributed by atoms with Crippen molar-refractivity contribution in [1.29, 1.82) is 0 Å². The molecule has 0 saturated heterocycles. The van der Waals surface area contributed by atoms with Crippen LogP contribution in [0.4, 0.5) is 0 Å². The van der Waals surface area contributed by atoms with Crippen molar-refractivity contribution in [3.8, 4) is 0 Å². The number of aromatic nitrogens is 4. The van der Waals surface area contributed by atoms with Crippen molar-refractivity contribution in [1.82, 2.24) is 24.7 Å². The lowest BCUT2D eigenvalue weighted by molar-refractivity contribution is 0.524. The predicted molar refractivity (Wildman–Crippen MR) is 83.1 cm³/mol. The Labute approximate surface area is 124 Å². The molecule has 1 atom stereocenters. The summed E-state index contributed by atoms with van der Waals surface area (Å²) in [4.78, 5) is 0. The highest BCUT2D eigenvalue weighted by atomic mass is 15.2. The number of nitrogens with one attached hydrogen (secondary N) is 1. The van der Waals surface area contributed by atoms with Crippen LogP contribution in [0.2, 0.25) is 0 Å². The Morgan fingerprint density at radius 2 is 2.14 bits per heavy atom. The number of aryl methyl sites for hydroxylation is 1. The van der Waals surface area contributed by atoms with E-state index in [1.165, 1.54) is 5.56 Å². The number of rotatable bonds is 6. The minimum Gasteiger partial charge on any atom is -0.309 e. The van der Waals surface area contributed by atoms with Gasteiger partial charge in [0.05, 0.1) is 17.4 Å². The van der Waals surface area contributed by atoms with Gasteiger partial charge >= 0.3 is 0 Å². The van der Waals surface area contributed by atoms with Gasteiger partial charge < -0.3 is 5.32 Å². The van der Waals surface area contributed by atoms with Crippen LogP contribution in [0.3, 0.4) is 0 Å². The molecule has 0 aromatic carbocycles. The average Bonchev–Trinajstić information content (AvgIpc) is 3.09. The first-order chi connectivity index (χ1) is 10.3. The Morgan fingerprint density at radius 3 is 2.90 bits per heavy atom. The maximum absolute atomic E-state index is 4.50. The number of fused-ring (bicyclic) bond motifs is 1. The van der Waals surface area contributed by atoms with Gasteiger partial charge in [-0.1, -0.05) is 13.0 Å². The van der Waals surface area contributed by atoms with Crippen molar-refractivity contribution >= 4 is 5.52 Å². The van der Waals surface area contributed by atoms with Gasteiger partial charge in [-0.2, -0.15) is 10.2 Å². The summed E-state index contributed by atoms with van der Waals surface area (Å²) in [6.07, 6.45) is 7.92. The van der Waals surface area contributed by atoms with Gasteiger partial charge in [0.1, 0.15) is 0 Å². The Kier molecular flexibility index (Phi) is 4.01. The van der Waals surface area contributed by atoms with Gasteiger partial charge in [0.25, 0.3) is 0 Å². The van der Waals surface area contributed by atoms with Crippen molar-refractivity contribution in [3.63, 3.8) is 0 Å². The molecule has 0 aliphatic carbocycles. The Bertz CT molecular complexity index is 712. The Hall–Kier alpha value is -2.14. The second-order valence-electron chi connectivity index (χ2n) is 5.32. The average molecular weight is 283 g/mol. The van der Waals surface area contributed by atoms with Crippen LogP contribution in [-0.4, -0.2) is 25.9 Å². The van der Waals surface area contributed by atoms with E-state index in [9.17, 15) is 0 Å². The Balaban J connectivity index is 1.91. The first-order valence-electron chi connectivity index (χ1n) is 7.42. The van der Waals surface area contributed by atoms with Crippen LogP contribution >= 0.6 is 0 Å². The normalized spacial score (nSPS) is 12.9. The van der Waals surface area contributed by atoms with Crippen molar-refractivity contribution < 1.29 is 0 Å². The van der Waals surface area contributed by atoms with E-state index in [1.807, 2.05) is 40.9 Å². The molecule has 21 heavy (non-hydrogen) atoms. The topological polar surface area (TPSA) is 47.2 Å². The van der Waals surface area contributed by atoms with E-state index in [0.29, 0.717) is 0 Å².